The van der Waals surface area contributed by atoms with Gasteiger partial charge in [-0.1, -0.05) is 12.2 Å². The molecule has 1 fully saturated rings. The number of amides is 2. The molecule has 1 rings (SSSR count). The Hall–Kier alpha value is -1.25. The maximum absolute atomic E-state index is 10.7. The number of rotatable bonds is 2. The van der Waals surface area contributed by atoms with Crippen LogP contribution in [-0.4, -0.2) is 18.1 Å². The molecule has 0 aromatic rings. The van der Waals surface area contributed by atoms with Gasteiger partial charge in [-0.25, -0.2) is 4.79 Å². The largest absolute Gasteiger partial charge is 0.330 e. The molecule has 2 unspecified atom stereocenters. The molecule has 1 saturated heterocycles. The molecule has 2 N–H and O–H groups in total. The maximum Gasteiger partial charge on any atom is 0.315 e. The van der Waals surface area contributed by atoms with Gasteiger partial charge in [-0.15, -0.1) is 13.2 Å². The zero-order valence-corrected chi connectivity index (χ0v) is 5.63. The van der Waals surface area contributed by atoms with E-state index < -0.39 is 0 Å². The molecule has 3 heteroatoms. The van der Waals surface area contributed by atoms with E-state index in [2.05, 4.69) is 23.8 Å². The minimum Gasteiger partial charge on any atom is -0.330 e. The predicted octanol–water partition coefficient (Wildman–Crippen LogP) is 0.408. The lowest BCUT2D eigenvalue weighted by Gasteiger charge is -2.07. The number of hydrogen-bond acceptors (Lipinski definition) is 1. The van der Waals surface area contributed by atoms with Gasteiger partial charge in [-0.2, -0.15) is 0 Å². The Morgan fingerprint density at radius 3 is 1.90 bits per heavy atom. The third-order valence-corrected chi connectivity index (χ3v) is 1.49. The molecule has 0 aromatic heterocycles. The van der Waals surface area contributed by atoms with Crippen LogP contribution >= 0.6 is 0 Å². The van der Waals surface area contributed by atoms with Crippen LogP contribution in [0.4, 0.5) is 4.79 Å². The third kappa shape index (κ3) is 1.03. The van der Waals surface area contributed by atoms with Crippen molar-refractivity contribution in [2.45, 2.75) is 12.1 Å². The topological polar surface area (TPSA) is 41.1 Å². The minimum atomic E-state index is -0.158. The van der Waals surface area contributed by atoms with E-state index >= 15 is 0 Å². The predicted molar refractivity (Wildman–Crippen MR) is 39.6 cm³/mol. The number of carbonyl (C=O) groups is 1. The van der Waals surface area contributed by atoms with Gasteiger partial charge in [0.05, 0.1) is 12.1 Å². The number of nitrogens with one attached hydrogen (secondary N) is 2. The monoisotopic (exact) mass is 138 g/mol. The second kappa shape index (κ2) is 2.56. The lowest BCUT2D eigenvalue weighted by Crippen LogP contribution is -2.29. The summed E-state index contributed by atoms with van der Waals surface area (Å²) in [6, 6.07) is -0.176. The highest BCUT2D eigenvalue weighted by molar-refractivity contribution is 5.78. The van der Waals surface area contributed by atoms with Gasteiger partial charge in [0.15, 0.2) is 0 Å². The van der Waals surface area contributed by atoms with E-state index in [1.165, 1.54) is 0 Å². The van der Waals surface area contributed by atoms with Crippen molar-refractivity contribution in [1.82, 2.24) is 10.6 Å². The Morgan fingerprint density at radius 2 is 1.60 bits per heavy atom. The quantitative estimate of drug-likeness (QED) is 0.533. The highest BCUT2D eigenvalue weighted by Gasteiger charge is 2.25. The summed E-state index contributed by atoms with van der Waals surface area (Å²) in [5.74, 6) is 0. The first-order valence-electron chi connectivity index (χ1n) is 3.10. The van der Waals surface area contributed by atoms with Crippen molar-refractivity contribution in [1.29, 1.82) is 0 Å². The fourth-order valence-corrected chi connectivity index (χ4v) is 0.935. The molecule has 0 radical (unpaired) electrons. The summed E-state index contributed by atoms with van der Waals surface area (Å²) >= 11 is 0. The van der Waals surface area contributed by atoms with Gasteiger partial charge < -0.3 is 10.6 Å². The molecular formula is C7H10N2O. The van der Waals surface area contributed by atoms with E-state index in [9.17, 15) is 4.79 Å². The van der Waals surface area contributed by atoms with Gasteiger partial charge in [-0.3, -0.25) is 0 Å². The molecule has 0 bridgehead atoms. The van der Waals surface area contributed by atoms with Crippen molar-refractivity contribution in [2.75, 3.05) is 0 Å². The van der Waals surface area contributed by atoms with Crippen LogP contribution in [0.15, 0.2) is 25.3 Å². The van der Waals surface area contributed by atoms with Crippen LogP contribution < -0.4 is 10.6 Å². The molecule has 10 heavy (non-hydrogen) atoms. The van der Waals surface area contributed by atoms with Crippen molar-refractivity contribution in [3.63, 3.8) is 0 Å². The second-order valence-electron chi connectivity index (χ2n) is 2.14. The fraction of sp³-hybridized carbons (Fsp3) is 0.286. The van der Waals surface area contributed by atoms with Crippen molar-refractivity contribution in [3.8, 4) is 0 Å². The normalized spacial score (nSPS) is 30.6. The van der Waals surface area contributed by atoms with E-state index in [-0.39, 0.29) is 18.1 Å². The Kier molecular flexibility index (Phi) is 1.76. The highest BCUT2D eigenvalue weighted by atomic mass is 16.2. The Morgan fingerprint density at radius 1 is 1.20 bits per heavy atom. The smallest absolute Gasteiger partial charge is 0.315 e. The SMILES string of the molecule is C=CC1NC(=O)NC1C=C. The molecule has 3 nitrogen and oxygen atoms in total. The minimum absolute atomic E-state index is 0.00926. The van der Waals surface area contributed by atoms with E-state index in [0.29, 0.717) is 0 Å². The number of hydrogen-bond donors (Lipinski definition) is 2. The summed E-state index contributed by atoms with van der Waals surface area (Å²) < 4.78 is 0. The first-order valence-corrected chi connectivity index (χ1v) is 3.10. The van der Waals surface area contributed by atoms with Crippen LogP contribution in [0.2, 0.25) is 0 Å². The molecule has 1 aliphatic rings. The number of carbonyl (C=O) groups excluding carboxylic acids is 1. The molecule has 2 atom stereocenters. The number of urea groups is 1. The molecular weight excluding hydrogens is 128 g/mol. The molecule has 54 valence electrons. The Bertz CT molecular complexity index is 158. The van der Waals surface area contributed by atoms with Crippen molar-refractivity contribution in [2.24, 2.45) is 0 Å². The lowest BCUT2D eigenvalue weighted by atomic mass is 10.1. The van der Waals surface area contributed by atoms with Gasteiger partial charge >= 0.3 is 6.03 Å². The van der Waals surface area contributed by atoms with Gasteiger partial charge in [0.25, 0.3) is 0 Å². The summed E-state index contributed by atoms with van der Waals surface area (Å²) in [5.41, 5.74) is 0. The van der Waals surface area contributed by atoms with Crippen LogP contribution in [-0.2, 0) is 0 Å². The van der Waals surface area contributed by atoms with Gasteiger partial charge in [0.2, 0.25) is 0 Å². The van der Waals surface area contributed by atoms with Crippen LogP contribution in [0.25, 0.3) is 0 Å². The molecule has 2 amide bonds. The summed E-state index contributed by atoms with van der Waals surface area (Å²) in [7, 11) is 0. The van der Waals surface area contributed by atoms with E-state index in [4.69, 9.17) is 0 Å². The molecule has 1 heterocycles. The standard InChI is InChI=1S/C7H10N2O/c1-3-5-6(4-2)9-7(10)8-5/h3-6H,1-2H2,(H2,8,9,10). The summed E-state index contributed by atoms with van der Waals surface area (Å²) in [6.45, 7) is 7.15. The van der Waals surface area contributed by atoms with Crippen LogP contribution in [0.1, 0.15) is 0 Å². The van der Waals surface area contributed by atoms with Crippen LogP contribution in [0, 0.1) is 0 Å². The molecule has 0 saturated carbocycles. The molecule has 0 aliphatic carbocycles. The van der Waals surface area contributed by atoms with Crippen molar-refractivity contribution >= 4 is 6.03 Å². The summed E-state index contributed by atoms with van der Waals surface area (Å²) in [5, 5.41) is 5.33. The van der Waals surface area contributed by atoms with E-state index in [1.807, 2.05) is 0 Å². The summed E-state index contributed by atoms with van der Waals surface area (Å²) in [6.07, 6.45) is 3.37. The fourth-order valence-electron chi connectivity index (χ4n) is 0.935. The van der Waals surface area contributed by atoms with Crippen LogP contribution in [0.5, 0.6) is 0 Å². The van der Waals surface area contributed by atoms with Crippen molar-refractivity contribution < 1.29 is 4.79 Å². The average molecular weight is 138 g/mol. The van der Waals surface area contributed by atoms with E-state index in [0.717, 1.165) is 0 Å². The lowest BCUT2D eigenvalue weighted by molar-refractivity contribution is 0.247. The summed E-state index contributed by atoms with van der Waals surface area (Å²) in [4.78, 5) is 10.7. The Balaban J connectivity index is 2.65. The first kappa shape index (κ1) is 6.86. The molecule has 0 spiro atoms. The zero-order chi connectivity index (χ0) is 7.56. The van der Waals surface area contributed by atoms with Gasteiger partial charge in [-0.05, 0) is 0 Å². The third-order valence-electron chi connectivity index (χ3n) is 1.49. The highest BCUT2D eigenvalue weighted by Crippen LogP contribution is 2.02. The average Bonchev–Trinajstić information content (AvgIpc) is 2.30. The maximum atomic E-state index is 10.7. The van der Waals surface area contributed by atoms with Gasteiger partial charge in [0.1, 0.15) is 0 Å². The van der Waals surface area contributed by atoms with Crippen molar-refractivity contribution in [3.05, 3.63) is 25.3 Å². The molecule has 1 aliphatic heterocycles. The molecule has 0 aromatic carbocycles. The first-order chi connectivity index (χ1) is 4.77. The van der Waals surface area contributed by atoms with Crippen LogP contribution in [0.3, 0.4) is 0 Å². The van der Waals surface area contributed by atoms with E-state index in [1.54, 1.807) is 12.2 Å². The second-order valence-corrected chi connectivity index (χ2v) is 2.14. The zero-order valence-electron chi connectivity index (χ0n) is 5.63. The van der Waals surface area contributed by atoms with Gasteiger partial charge in [0, 0.05) is 0 Å². The Labute approximate surface area is 59.8 Å².